The van der Waals surface area contributed by atoms with Crippen LogP contribution < -0.4 is 0 Å². The molecule has 0 bridgehead atoms. The number of nitrogens with one attached hydrogen (secondary N) is 1. The summed E-state index contributed by atoms with van der Waals surface area (Å²) >= 11 is 5.35. The van der Waals surface area contributed by atoms with E-state index >= 15 is 0 Å². The van der Waals surface area contributed by atoms with Gasteiger partial charge in [0.2, 0.25) is 0 Å². The summed E-state index contributed by atoms with van der Waals surface area (Å²) in [6, 6.07) is 16.0. The lowest BCUT2D eigenvalue weighted by Crippen LogP contribution is -1.93. The van der Waals surface area contributed by atoms with Crippen LogP contribution in [0.4, 0.5) is 0 Å². The molecule has 0 unspecified atom stereocenters. The molecule has 0 spiro atoms. The Bertz CT molecular complexity index is 872. The molecule has 3 aromatic rings. The summed E-state index contributed by atoms with van der Waals surface area (Å²) in [5, 5.41) is 11.3. The first-order valence-electron chi connectivity index (χ1n) is 6.36. The van der Waals surface area contributed by atoms with Crippen LogP contribution in [0.3, 0.4) is 0 Å². The molecule has 20 heavy (non-hydrogen) atoms. The second-order valence-electron chi connectivity index (χ2n) is 4.64. The average Bonchev–Trinajstić information content (AvgIpc) is 2.50. The molecule has 1 heterocycles. The molecule has 0 saturated carbocycles. The van der Waals surface area contributed by atoms with Crippen LogP contribution in [0.5, 0.6) is 0 Å². The number of hydrogen-bond donors (Lipinski definition) is 1. The Kier molecular flexibility index (Phi) is 3.32. The first kappa shape index (κ1) is 12.6. The van der Waals surface area contributed by atoms with Crippen LogP contribution >= 0.6 is 12.2 Å². The largest absolute Gasteiger partial charge is 0.367 e. The Morgan fingerprint density at radius 2 is 1.80 bits per heavy atom. The maximum atomic E-state index is 9.19. The van der Waals surface area contributed by atoms with Gasteiger partial charge in [0, 0.05) is 23.3 Å². The molecule has 1 N–H and O–H groups in total. The number of benzene rings is 2. The van der Waals surface area contributed by atoms with Gasteiger partial charge in [0.15, 0.2) is 0 Å². The number of fused-ring (bicyclic) bond motifs is 1. The van der Waals surface area contributed by atoms with Gasteiger partial charge < -0.3 is 4.98 Å². The number of rotatable bonds is 2. The zero-order valence-electron chi connectivity index (χ0n) is 10.8. The van der Waals surface area contributed by atoms with Gasteiger partial charge in [-0.15, -0.1) is 0 Å². The monoisotopic (exact) mass is 276 g/mol. The summed E-state index contributed by atoms with van der Waals surface area (Å²) in [7, 11) is 0. The van der Waals surface area contributed by atoms with Crippen molar-refractivity contribution in [2.45, 2.75) is 6.42 Å². The van der Waals surface area contributed by atoms with E-state index in [2.05, 4.69) is 17.1 Å². The van der Waals surface area contributed by atoms with Gasteiger partial charge in [-0.3, -0.25) is 0 Å². The number of nitrogens with zero attached hydrogens (tertiary/aromatic N) is 1. The highest BCUT2D eigenvalue weighted by molar-refractivity contribution is 7.71. The SMILES string of the molecule is N#Cc1ccc(Cc2c[nH]ccc2=S)c2ccccc12. The first-order valence-corrected chi connectivity index (χ1v) is 6.77. The van der Waals surface area contributed by atoms with Crippen molar-refractivity contribution in [3.63, 3.8) is 0 Å². The molecule has 0 aliphatic carbocycles. The molecule has 3 heteroatoms. The molecule has 1 aromatic heterocycles. The predicted octanol–water partition coefficient (Wildman–Crippen LogP) is 4.36. The van der Waals surface area contributed by atoms with Crippen LogP contribution in [-0.2, 0) is 6.42 Å². The van der Waals surface area contributed by atoms with E-state index in [1.165, 1.54) is 5.56 Å². The van der Waals surface area contributed by atoms with Gasteiger partial charge in [0.05, 0.1) is 11.6 Å². The smallest absolute Gasteiger partial charge is 0.0998 e. The highest BCUT2D eigenvalue weighted by Crippen LogP contribution is 2.24. The summed E-state index contributed by atoms with van der Waals surface area (Å²) in [5.74, 6) is 0. The summed E-state index contributed by atoms with van der Waals surface area (Å²) in [6.45, 7) is 0. The third-order valence-electron chi connectivity index (χ3n) is 3.42. The van der Waals surface area contributed by atoms with E-state index in [0.717, 1.165) is 27.3 Å². The fraction of sp³-hybridized carbons (Fsp3) is 0.0588. The van der Waals surface area contributed by atoms with Crippen LogP contribution in [0.1, 0.15) is 16.7 Å². The van der Waals surface area contributed by atoms with E-state index in [1.54, 1.807) is 0 Å². The Morgan fingerprint density at radius 3 is 2.55 bits per heavy atom. The molecule has 0 fully saturated rings. The fourth-order valence-corrected chi connectivity index (χ4v) is 2.61. The van der Waals surface area contributed by atoms with Crippen LogP contribution in [0.2, 0.25) is 0 Å². The Hall–Kier alpha value is -2.44. The molecule has 0 aliphatic heterocycles. The number of aromatic nitrogens is 1. The summed E-state index contributed by atoms with van der Waals surface area (Å²) in [5.41, 5.74) is 2.99. The predicted molar refractivity (Wildman–Crippen MR) is 83.1 cm³/mol. The van der Waals surface area contributed by atoms with Crippen LogP contribution in [0, 0.1) is 15.8 Å². The standard InChI is InChI=1S/C17H12N2S/c18-10-13-6-5-12(15-3-1-2-4-16(13)15)9-14-11-19-8-7-17(14)20/h1-8,11H,9H2,(H,19,20). The summed E-state index contributed by atoms with van der Waals surface area (Å²) < 4.78 is 0.859. The molecule has 0 atom stereocenters. The molecule has 2 aromatic carbocycles. The van der Waals surface area contributed by atoms with Gasteiger partial charge >= 0.3 is 0 Å². The number of aromatic amines is 1. The van der Waals surface area contributed by atoms with Gasteiger partial charge in [0.25, 0.3) is 0 Å². The average molecular weight is 276 g/mol. The topological polar surface area (TPSA) is 39.6 Å². The maximum Gasteiger partial charge on any atom is 0.0998 e. The van der Waals surface area contributed by atoms with E-state index in [0.29, 0.717) is 5.56 Å². The van der Waals surface area contributed by atoms with Gasteiger partial charge in [-0.1, -0.05) is 42.5 Å². The number of pyridine rings is 1. The number of nitriles is 1. The van der Waals surface area contributed by atoms with Crippen molar-refractivity contribution in [2.24, 2.45) is 0 Å². The summed E-state index contributed by atoms with van der Waals surface area (Å²) in [6.07, 6.45) is 4.54. The second kappa shape index (κ2) is 5.28. The molecule has 2 nitrogen and oxygen atoms in total. The van der Waals surface area contributed by atoms with Gasteiger partial charge in [-0.25, -0.2) is 0 Å². The Balaban J connectivity index is 2.17. The van der Waals surface area contributed by atoms with E-state index in [9.17, 15) is 5.26 Å². The van der Waals surface area contributed by atoms with E-state index in [1.807, 2.05) is 48.8 Å². The molecule has 3 rings (SSSR count). The molecule has 0 radical (unpaired) electrons. The minimum absolute atomic E-state index is 0.711. The van der Waals surface area contributed by atoms with Crippen LogP contribution in [0.25, 0.3) is 10.8 Å². The highest BCUT2D eigenvalue weighted by atomic mass is 32.1. The third kappa shape index (κ3) is 2.22. The van der Waals surface area contributed by atoms with Crippen LogP contribution in [0.15, 0.2) is 54.9 Å². The van der Waals surface area contributed by atoms with Gasteiger partial charge in [-0.2, -0.15) is 5.26 Å². The lowest BCUT2D eigenvalue weighted by atomic mass is 9.96. The molecule has 96 valence electrons. The number of H-pyrrole nitrogens is 1. The fourth-order valence-electron chi connectivity index (χ4n) is 2.41. The lowest BCUT2D eigenvalue weighted by Gasteiger charge is -2.08. The van der Waals surface area contributed by atoms with Crippen LogP contribution in [-0.4, -0.2) is 4.98 Å². The molecule has 0 saturated heterocycles. The van der Waals surface area contributed by atoms with E-state index in [4.69, 9.17) is 12.2 Å². The molecular weight excluding hydrogens is 264 g/mol. The van der Waals surface area contributed by atoms with Crippen molar-refractivity contribution < 1.29 is 0 Å². The molecule has 0 amide bonds. The minimum atomic E-state index is 0.711. The highest BCUT2D eigenvalue weighted by Gasteiger charge is 2.06. The maximum absolute atomic E-state index is 9.19. The third-order valence-corrected chi connectivity index (χ3v) is 3.82. The lowest BCUT2D eigenvalue weighted by molar-refractivity contribution is 1.15. The van der Waals surface area contributed by atoms with E-state index < -0.39 is 0 Å². The molecule has 0 aliphatic rings. The van der Waals surface area contributed by atoms with Crippen molar-refractivity contribution in [3.05, 3.63) is 76.1 Å². The quantitative estimate of drug-likeness (QED) is 0.706. The van der Waals surface area contributed by atoms with Crippen molar-refractivity contribution in [3.8, 4) is 6.07 Å². The van der Waals surface area contributed by atoms with Gasteiger partial charge in [-0.05, 0) is 34.0 Å². The number of hydrogen-bond acceptors (Lipinski definition) is 2. The zero-order chi connectivity index (χ0) is 13.9. The molecular formula is C17H12N2S. The van der Waals surface area contributed by atoms with Gasteiger partial charge in [0.1, 0.15) is 0 Å². The van der Waals surface area contributed by atoms with Crippen molar-refractivity contribution in [2.75, 3.05) is 0 Å². The zero-order valence-corrected chi connectivity index (χ0v) is 11.6. The van der Waals surface area contributed by atoms with Crippen molar-refractivity contribution in [1.82, 2.24) is 4.98 Å². The van der Waals surface area contributed by atoms with Crippen molar-refractivity contribution in [1.29, 1.82) is 5.26 Å². The van der Waals surface area contributed by atoms with Crippen molar-refractivity contribution >= 4 is 23.0 Å². The minimum Gasteiger partial charge on any atom is -0.367 e. The Labute approximate surface area is 122 Å². The normalized spacial score (nSPS) is 10.3. The summed E-state index contributed by atoms with van der Waals surface area (Å²) in [4.78, 5) is 3.07. The first-order chi connectivity index (χ1) is 9.79. The second-order valence-corrected chi connectivity index (χ2v) is 5.08. The van der Waals surface area contributed by atoms with E-state index in [-0.39, 0.29) is 0 Å². The Morgan fingerprint density at radius 1 is 1.00 bits per heavy atom.